The number of amides is 3. The maximum absolute atomic E-state index is 13.2. The first kappa shape index (κ1) is 24.0. The first-order valence-electron chi connectivity index (χ1n) is 9.37. The molecule has 0 spiro atoms. The number of aromatic amines is 1. The van der Waals surface area contributed by atoms with E-state index in [1.54, 1.807) is 0 Å². The number of nitrogens with zero attached hydrogens (tertiary/aromatic N) is 2. The Labute approximate surface area is 184 Å². The number of carbonyl (C=O) groups excluding carboxylic acids is 3. The van der Waals surface area contributed by atoms with Gasteiger partial charge in [0.05, 0.1) is 12.4 Å². The predicted molar refractivity (Wildman–Crippen MR) is 114 cm³/mol. The summed E-state index contributed by atoms with van der Waals surface area (Å²) < 4.78 is 0. The van der Waals surface area contributed by atoms with E-state index in [0.29, 0.717) is 25.1 Å². The van der Waals surface area contributed by atoms with Crippen molar-refractivity contribution in [3.63, 3.8) is 0 Å². The Bertz CT molecular complexity index is 762. The number of likely N-dealkylation sites (tertiary alicyclic amines) is 1. The first-order chi connectivity index (χ1) is 14.3. The molecule has 2 rings (SSSR count). The molecule has 6 N–H and O–H groups in total. The van der Waals surface area contributed by atoms with Crippen molar-refractivity contribution in [2.75, 3.05) is 18.1 Å². The lowest BCUT2D eigenvalue weighted by Gasteiger charge is -2.29. The van der Waals surface area contributed by atoms with E-state index in [1.807, 2.05) is 0 Å². The summed E-state index contributed by atoms with van der Waals surface area (Å²) in [6.45, 7) is 0.309. The van der Waals surface area contributed by atoms with Crippen molar-refractivity contribution in [2.24, 2.45) is 5.73 Å². The molecule has 0 unspecified atom stereocenters. The third-order valence-corrected chi connectivity index (χ3v) is 5.52. The van der Waals surface area contributed by atoms with Crippen LogP contribution in [0.3, 0.4) is 0 Å². The Morgan fingerprint density at radius 1 is 1.27 bits per heavy atom. The van der Waals surface area contributed by atoms with Crippen molar-refractivity contribution >= 4 is 48.9 Å². The number of hydrogen-bond donors (Lipinski definition) is 7. The minimum Gasteiger partial charge on any atom is -0.480 e. The van der Waals surface area contributed by atoms with E-state index in [-0.39, 0.29) is 17.9 Å². The summed E-state index contributed by atoms with van der Waals surface area (Å²) in [5, 5.41) is 14.2. The van der Waals surface area contributed by atoms with E-state index in [9.17, 15) is 19.2 Å². The zero-order valence-corrected chi connectivity index (χ0v) is 17.9. The number of nitrogens with one attached hydrogen (secondary N) is 3. The number of rotatable bonds is 10. The highest BCUT2D eigenvalue weighted by Gasteiger charge is 2.39. The third-order valence-electron chi connectivity index (χ3n) is 4.76. The third kappa shape index (κ3) is 6.12. The molecular weight excluding hydrogens is 432 g/mol. The van der Waals surface area contributed by atoms with Gasteiger partial charge in [-0.1, -0.05) is 0 Å². The highest BCUT2D eigenvalue weighted by molar-refractivity contribution is 7.80. The van der Waals surface area contributed by atoms with Crippen LogP contribution >= 0.6 is 25.3 Å². The molecule has 1 aromatic heterocycles. The second kappa shape index (κ2) is 11.2. The van der Waals surface area contributed by atoms with Crippen molar-refractivity contribution in [1.29, 1.82) is 0 Å². The Hall–Kier alpha value is -2.25. The van der Waals surface area contributed by atoms with Crippen LogP contribution in [0.2, 0.25) is 0 Å². The smallest absolute Gasteiger partial charge is 0.327 e. The number of nitrogens with two attached hydrogens (primary N) is 1. The van der Waals surface area contributed by atoms with Crippen molar-refractivity contribution in [1.82, 2.24) is 25.5 Å². The van der Waals surface area contributed by atoms with Gasteiger partial charge in [0.1, 0.15) is 18.1 Å². The number of aromatic nitrogens is 2. The largest absolute Gasteiger partial charge is 0.480 e. The molecule has 0 saturated carbocycles. The van der Waals surface area contributed by atoms with E-state index in [4.69, 9.17) is 10.8 Å². The van der Waals surface area contributed by atoms with Gasteiger partial charge in [-0.25, -0.2) is 9.78 Å². The van der Waals surface area contributed by atoms with E-state index in [1.165, 1.54) is 17.4 Å². The number of H-pyrrole nitrogens is 1. The molecule has 0 radical (unpaired) electrons. The Morgan fingerprint density at radius 2 is 2.00 bits per heavy atom. The molecule has 1 aromatic rings. The Kier molecular flexibility index (Phi) is 8.99. The lowest BCUT2D eigenvalue weighted by Crippen LogP contribution is -2.57. The second-order valence-electron chi connectivity index (χ2n) is 6.90. The van der Waals surface area contributed by atoms with Gasteiger partial charge in [-0.05, 0) is 12.8 Å². The van der Waals surface area contributed by atoms with Gasteiger partial charge in [0.25, 0.3) is 0 Å². The fraction of sp³-hybridized carbons (Fsp3) is 0.588. The molecule has 166 valence electrons. The Balaban J connectivity index is 2.16. The normalized spacial score (nSPS) is 19.0. The highest BCUT2D eigenvalue weighted by Crippen LogP contribution is 2.20. The number of thiol groups is 2. The molecule has 1 fully saturated rings. The summed E-state index contributed by atoms with van der Waals surface area (Å²) in [4.78, 5) is 57.4. The zero-order valence-electron chi connectivity index (χ0n) is 16.2. The van der Waals surface area contributed by atoms with Crippen LogP contribution in [0, 0.1) is 0 Å². The van der Waals surface area contributed by atoms with Crippen LogP contribution < -0.4 is 16.4 Å². The van der Waals surface area contributed by atoms with Crippen LogP contribution in [-0.4, -0.2) is 85.9 Å². The van der Waals surface area contributed by atoms with Gasteiger partial charge < -0.3 is 31.4 Å². The maximum atomic E-state index is 13.2. The molecule has 4 atom stereocenters. The van der Waals surface area contributed by atoms with Crippen LogP contribution in [0.1, 0.15) is 18.5 Å². The summed E-state index contributed by atoms with van der Waals surface area (Å²) in [5.41, 5.74) is 6.33. The minimum absolute atomic E-state index is 0.0815. The number of carbonyl (C=O) groups is 4. The molecule has 0 aliphatic carbocycles. The molecule has 13 heteroatoms. The number of aliphatic carboxylic acids is 1. The monoisotopic (exact) mass is 458 g/mol. The summed E-state index contributed by atoms with van der Waals surface area (Å²) in [5.74, 6) is -2.75. The topological polar surface area (TPSA) is 171 Å². The van der Waals surface area contributed by atoms with Gasteiger partial charge in [0.15, 0.2) is 0 Å². The molecule has 11 nitrogen and oxygen atoms in total. The molecule has 1 saturated heterocycles. The number of hydrogen-bond acceptors (Lipinski definition) is 8. The maximum Gasteiger partial charge on any atom is 0.327 e. The average molecular weight is 459 g/mol. The van der Waals surface area contributed by atoms with Crippen LogP contribution in [-0.2, 0) is 25.6 Å². The number of imidazole rings is 1. The van der Waals surface area contributed by atoms with Crippen molar-refractivity contribution in [3.05, 3.63) is 18.2 Å². The number of carboxylic acids is 1. The fourth-order valence-corrected chi connectivity index (χ4v) is 3.55. The van der Waals surface area contributed by atoms with Gasteiger partial charge in [-0.2, -0.15) is 25.3 Å². The van der Waals surface area contributed by atoms with E-state index < -0.39 is 47.9 Å². The predicted octanol–water partition coefficient (Wildman–Crippen LogP) is -1.82. The van der Waals surface area contributed by atoms with Gasteiger partial charge in [-0.3, -0.25) is 14.4 Å². The average Bonchev–Trinajstić information content (AvgIpc) is 3.41. The molecule has 0 aromatic carbocycles. The SMILES string of the molecule is N[C@@H](CS)C(=O)N[C@@H](Cc1cnc[nH]1)C(=O)N1CCC[C@H]1C(=O)N[C@@H](CS)C(=O)O. The molecule has 0 bridgehead atoms. The van der Waals surface area contributed by atoms with E-state index in [2.05, 4.69) is 45.9 Å². The van der Waals surface area contributed by atoms with Gasteiger partial charge in [0, 0.05) is 36.4 Å². The van der Waals surface area contributed by atoms with Crippen molar-refractivity contribution < 1.29 is 24.3 Å². The van der Waals surface area contributed by atoms with Gasteiger partial charge in [0.2, 0.25) is 17.7 Å². The Morgan fingerprint density at radius 3 is 2.57 bits per heavy atom. The zero-order chi connectivity index (χ0) is 22.3. The van der Waals surface area contributed by atoms with Gasteiger partial charge >= 0.3 is 5.97 Å². The quantitative estimate of drug-likeness (QED) is 0.202. The summed E-state index contributed by atoms with van der Waals surface area (Å²) >= 11 is 7.93. The lowest BCUT2D eigenvalue weighted by atomic mass is 10.1. The van der Waals surface area contributed by atoms with Crippen molar-refractivity contribution in [2.45, 2.75) is 43.4 Å². The van der Waals surface area contributed by atoms with Crippen LogP contribution in [0.15, 0.2) is 12.5 Å². The van der Waals surface area contributed by atoms with E-state index >= 15 is 0 Å². The summed E-state index contributed by atoms with van der Waals surface area (Å²) in [6, 6.07) is -3.86. The second-order valence-corrected chi connectivity index (χ2v) is 7.63. The van der Waals surface area contributed by atoms with E-state index in [0.717, 1.165) is 0 Å². The number of carboxylic acid groups (broad SMARTS) is 1. The molecule has 2 heterocycles. The van der Waals surface area contributed by atoms with Crippen LogP contribution in [0.5, 0.6) is 0 Å². The molecule has 3 amide bonds. The fourth-order valence-electron chi connectivity index (χ4n) is 3.13. The molecular formula is C17H26N6O5S2. The van der Waals surface area contributed by atoms with Crippen LogP contribution in [0.4, 0.5) is 0 Å². The molecule has 30 heavy (non-hydrogen) atoms. The van der Waals surface area contributed by atoms with Crippen molar-refractivity contribution in [3.8, 4) is 0 Å². The summed E-state index contributed by atoms with van der Waals surface area (Å²) in [6.07, 6.45) is 4.07. The highest BCUT2D eigenvalue weighted by atomic mass is 32.1. The van der Waals surface area contributed by atoms with Crippen LogP contribution in [0.25, 0.3) is 0 Å². The van der Waals surface area contributed by atoms with Gasteiger partial charge in [-0.15, -0.1) is 0 Å². The summed E-state index contributed by atoms with van der Waals surface area (Å²) in [7, 11) is 0. The lowest BCUT2D eigenvalue weighted by molar-refractivity contribution is -0.144. The first-order valence-corrected chi connectivity index (χ1v) is 10.6. The minimum atomic E-state index is -1.21. The standard InChI is InChI=1S/C17H26N6O5S2/c18-10(6-29)14(24)21-11(4-9-5-19-8-20-9)16(26)23-3-1-2-13(23)15(25)22-12(7-30)17(27)28/h5,8,10-13,29-30H,1-4,6-7,18H2,(H,19,20)(H,21,24)(H,22,25)(H,27,28)/t10-,11-,12-,13-/m0/s1. The molecule has 1 aliphatic heterocycles. The molecule has 1 aliphatic rings.